The zero-order chi connectivity index (χ0) is 34.2. The van der Waals surface area contributed by atoms with E-state index in [1.54, 1.807) is 84.5 Å². The number of methoxy groups -OCH3 is 1. The van der Waals surface area contributed by atoms with Gasteiger partial charge in [0.15, 0.2) is 5.60 Å². The van der Waals surface area contributed by atoms with Crippen LogP contribution in [-0.4, -0.2) is 60.1 Å². The van der Waals surface area contributed by atoms with Crippen molar-refractivity contribution in [2.24, 2.45) is 5.92 Å². The van der Waals surface area contributed by atoms with Crippen LogP contribution in [0.15, 0.2) is 91.6 Å². The number of benzene rings is 3. The first kappa shape index (κ1) is 33.3. The Morgan fingerprint density at radius 3 is 2.58 bits per heavy atom. The standard InChI is InChI=1S/C36H40FN5O5Si/c1-6-19-42-30-17-14-26(38-34(44)25-12-15-27(46-3)16-13-25)21-28(30)36(35(42)45)23(2)33(48(4,5)37)31(47-36)18-20-41-22-29(39-40-41)32(43)24-10-8-7-9-11-24/h6-17,21-23,31-33,43H,1,18-20H2,2-5H3,(H,38,44)/t23-,31+,32-,33-,36+/m1/s1. The molecular weight excluding hydrogens is 630 g/mol. The third-order valence-corrected chi connectivity index (χ3v) is 11.9. The molecule has 3 aromatic carbocycles. The van der Waals surface area contributed by atoms with E-state index < -0.39 is 37.7 Å². The first-order valence-corrected chi connectivity index (χ1v) is 19.0. The third kappa shape index (κ3) is 5.95. The number of aromatic nitrogens is 3. The number of amides is 2. The van der Waals surface area contributed by atoms with Gasteiger partial charge in [-0.1, -0.05) is 48.5 Å². The lowest BCUT2D eigenvalue weighted by atomic mass is 9.82. The Bertz CT molecular complexity index is 1810. The van der Waals surface area contributed by atoms with Crippen molar-refractivity contribution in [3.63, 3.8) is 0 Å². The highest BCUT2D eigenvalue weighted by molar-refractivity contribution is 6.72. The van der Waals surface area contributed by atoms with E-state index in [1.807, 2.05) is 37.3 Å². The number of carbonyl (C=O) groups is 2. The smallest absolute Gasteiger partial charge is 0.264 e. The minimum Gasteiger partial charge on any atom is -0.497 e. The Morgan fingerprint density at radius 2 is 1.92 bits per heavy atom. The molecule has 1 aromatic heterocycles. The van der Waals surface area contributed by atoms with Crippen LogP contribution in [0.5, 0.6) is 5.75 Å². The number of anilines is 2. The summed E-state index contributed by atoms with van der Waals surface area (Å²) in [6, 6.07) is 21.3. The largest absolute Gasteiger partial charge is 0.497 e. The van der Waals surface area contributed by atoms with Gasteiger partial charge in [0.25, 0.3) is 11.8 Å². The fraction of sp³-hybridized carbons (Fsp3) is 0.333. The second-order valence-electron chi connectivity index (χ2n) is 12.9. The number of nitrogens with zero attached hydrogens (tertiary/aromatic N) is 4. The summed E-state index contributed by atoms with van der Waals surface area (Å²) in [5.74, 6) is -0.467. The van der Waals surface area contributed by atoms with Crippen LogP contribution in [0.1, 0.15) is 46.6 Å². The maximum atomic E-state index is 16.3. The molecule has 10 nitrogen and oxygen atoms in total. The quantitative estimate of drug-likeness (QED) is 0.114. The molecule has 5 atom stereocenters. The zero-order valence-corrected chi connectivity index (χ0v) is 28.5. The Kier molecular flexibility index (Phi) is 9.07. The van der Waals surface area contributed by atoms with E-state index in [2.05, 4.69) is 22.2 Å². The summed E-state index contributed by atoms with van der Waals surface area (Å²) in [6.45, 7) is 9.64. The molecule has 250 valence electrons. The first-order valence-electron chi connectivity index (χ1n) is 16.0. The number of carbonyl (C=O) groups excluding carboxylic acids is 2. The van der Waals surface area contributed by atoms with Crippen molar-refractivity contribution in [2.75, 3.05) is 23.9 Å². The fourth-order valence-electron chi connectivity index (χ4n) is 7.26. The summed E-state index contributed by atoms with van der Waals surface area (Å²) in [5, 5.41) is 22.1. The normalized spacial score (nSPS) is 22.5. The van der Waals surface area contributed by atoms with Crippen molar-refractivity contribution in [3.05, 3.63) is 114 Å². The molecule has 2 aliphatic heterocycles. The molecule has 1 fully saturated rings. The number of aryl methyl sites for hydroxylation is 1. The van der Waals surface area contributed by atoms with Crippen LogP contribution in [-0.2, 0) is 21.7 Å². The summed E-state index contributed by atoms with van der Waals surface area (Å²) >= 11 is 0. The van der Waals surface area contributed by atoms with E-state index in [0.717, 1.165) is 0 Å². The van der Waals surface area contributed by atoms with Crippen LogP contribution in [0.4, 0.5) is 15.5 Å². The third-order valence-electron chi connectivity index (χ3n) is 9.48. The maximum absolute atomic E-state index is 16.3. The van der Waals surface area contributed by atoms with Crippen LogP contribution >= 0.6 is 0 Å². The van der Waals surface area contributed by atoms with Crippen molar-refractivity contribution in [3.8, 4) is 5.75 Å². The van der Waals surface area contributed by atoms with Crippen molar-refractivity contribution in [1.82, 2.24) is 15.0 Å². The van der Waals surface area contributed by atoms with Crippen LogP contribution in [0.2, 0.25) is 18.6 Å². The zero-order valence-electron chi connectivity index (χ0n) is 27.5. The van der Waals surface area contributed by atoms with Gasteiger partial charge in [-0.25, -0.2) is 0 Å². The topological polar surface area (TPSA) is 119 Å². The van der Waals surface area contributed by atoms with Crippen molar-refractivity contribution in [1.29, 1.82) is 0 Å². The molecule has 0 unspecified atom stereocenters. The van der Waals surface area contributed by atoms with Crippen LogP contribution in [0, 0.1) is 5.92 Å². The van der Waals surface area contributed by atoms with Crippen molar-refractivity contribution < 1.29 is 28.3 Å². The highest BCUT2D eigenvalue weighted by Crippen LogP contribution is 2.60. The summed E-state index contributed by atoms with van der Waals surface area (Å²) in [4.78, 5) is 29.2. The molecule has 12 heteroatoms. The Labute approximate surface area is 280 Å². The average molecular weight is 670 g/mol. The minimum atomic E-state index is -3.40. The van der Waals surface area contributed by atoms with Gasteiger partial charge in [0, 0.05) is 41.4 Å². The van der Waals surface area contributed by atoms with E-state index in [9.17, 15) is 14.7 Å². The van der Waals surface area contributed by atoms with Gasteiger partial charge < -0.3 is 28.9 Å². The summed E-state index contributed by atoms with van der Waals surface area (Å²) < 4.78 is 29.9. The van der Waals surface area contributed by atoms with Gasteiger partial charge in [0.05, 0.1) is 25.1 Å². The van der Waals surface area contributed by atoms with Crippen molar-refractivity contribution >= 4 is 31.6 Å². The van der Waals surface area contributed by atoms with E-state index >= 15 is 4.11 Å². The predicted octanol–water partition coefficient (Wildman–Crippen LogP) is 6.02. The molecule has 0 saturated carbocycles. The lowest BCUT2D eigenvalue weighted by molar-refractivity contribution is -0.145. The van der Waals surface area contributed by atoms with E-state index in [1.165, 1.54) is 0 Å². The SMILES string of the molecule is C=CCN1C(=O)[C@@]2(O[C@@H](CCn3cc([C@H](O)c4ccccc4)nn3)[C@H]([Si](C)(C)F)[C@H]2C)c2cc(NC(=O)c3ccc(OC)cc3)ccc21. The van der Waals surface area contributed by atoms with Gasteiger partial charge in [-0.2, -0.15) is 0 Å². The van der Waals surface area contributed by atoms with Crippen molar-refractivity contribution in [2.45, 2.75) is 56.3 Å². The molecule has 6 rings (SSSR count). The predicted molar refractivity (Wildman–Crippen MR) is 183 cm³/mol. The van der Waals surface area contributed by atoms with Gasteiger partial charge in [-0.15, -0.1) is 11.7 Å². The Balaban J connectivity index is 1.29. The molecular formula is C36H40FN5O5Si. The molecule has 1 saturated heterocycles. The number of hydrogen-bond donors (Lipinski definition) is 2. The number of hydrogen-bond acceptors (Lipinski definition) is 7. The number of halogens is 1. The lowest BCUT2D eigenvalue weighted by Crippen LogP contribution is -2.45. The lowest BCUT2D eigenvalue weighted by Gasteiger charge is -2.31. The average Bonchev–Trinajstić information content (AvgIpc) is 3.74. The monoisotopic (exact) mass is 669 g/mol. The molecule has 48 heavy (non-hydrogen) atoms. The summed E-state index contributed by atoms with van der Waals surface area (Å²) in [7, 11) is -1.84. The molecule has 2 amide bonds. The second-order valence-corrected chi connectivity index (χ2v) is 16.7. The van der Waals surface area contributed by atoms with Gasteiger partial charge in [-0.3, -0.25) is 14.3 Å². The summed E-state index contributed by atoms with van der Waals surface area (Å²) in [6.07, 6.45) is 2.17. The van der Waals surface area contributed by atoms with Crippen LogP contribution < -0.4 is 15.0 Å². The molecule has 2 N–H and O–H groups in total. The first-order chi connectivity index (χ1) is 23.0. The van der Waals surface area contributed by atoms with Gasteiger partial charge in [-0.05, 0) is 67.5 Å². The van der Waals surface area contributed by atoms with Gasteiger partial charge >= 0.3 is 0 Å². The molecule has 4 aromatic rings. The molecule has 1 spiro atoms. The molecule has 2 aliphatic rings. The number of fused-ring (bicyclic) bond motifs is 2. The molecule has 0 aliphatic carbocycles. The highest BCUT2D eigenvalue weighted by atomic mass is 28.4. The second kappa shape index (κ2) is 13.1. The Hall–Kier alpha value is -4.65. The van der Waals surface area contributed by atoms with E-state index in [-0.39, 0.29) is 18.4 Å². The maximum Gasteiger partial charge on any atom is 0.264 e. The molecule has 0 radical (unpaired) electrons. The minimum absolute atomic E-state index is 0.248. The van der Waals surface area contributed by atoms with Gasteiger partial charge in [0.1, 0.15) is 17.5 Å². The summed E-state index contributed by atoms with van der Waals surface area (Å²) in [5.41, 5.74) is 1.29. The highest BCUT2D eigenvalue weighted by Gasteiger charge is 2.66. The number of ether oxygens (including phenoxy) is 2. The molecule has 3 heterocycles. The number of aliphatic hydroxyl groups excluding tert-OH is 1. The van der Waals surface area contributed by atoms with Gasteiger partial charge in [0.2, 0.25) is 8.41 Å². The number of nitrogens with one attached hydrogen (secondary N) is 1. The molecule has 0 bridgehead atoms. The van der Waals surface area contributed by atoms with E-state index in [0.29, 0.717) is 52.5 Å². The van der Waals surface area contributed by atoms with E-state index in [4.69, 9.17) is 9.47 Å². The number of aliphatic hydroxyl groups is 1. The fourth-order valence-corrected chi connectivity index (χ4v) is 9.81. The Morgan fingerprint density at radius 1 is 1.19 bits per heavy atom. The van der Waals surface area contributed by atoms with Crippen LogP contribution in [0.25, 0.3) is 0 Å². The van der Waals surface area contributed by atoms with Crippen LogP contribution in [0.3, 0.4) is 0 Å². The number of rotatable bonds is 11.